The maximum atomic E-state index is 11.1. The maximum absolute atomic E-state index is 11.1. The van der Waals surface area contributed by atoms with E-state index in [1.165, 1.54) is 11.1 Å². The highest BCUT2D eigenvalue weighted by Crippen LogP contribution is 2.35. The first-order valence-electron chi connectivity index (χ1n) is 7.55. The van der Waals surface area contributed by atoms with Crippen molar-refractivity contribution in [3.63, 3.8) is 0 Å². The van der Waals surface area contributed by atoms with Crippen molar-refractivity contribution in [2.24, 2.45) is 5.73 Å². The molecular weight excluding hydrogens is 276 g/mol. The standard InChI is InChI=1S/C18H20N2O2/c19-18(22)11-15(21)12-20-16-7-3-1-5-13(16)9-10-14-6-2-4-8-17(14)20/h1-8,15,21H,9-12H2,(H2,19,22). The highest BCUT2D eigenvalue weighted by molar-refractivity contribution is 5.75. The summed E-state index contributed by atoms with van der Waals surface area (Å²) in [7, 11) is 0. The fourth-order valence-electron chi connectivity index (χ4n) is 3.07. The molecule has 1 heterocycles. The third kappa shape index (κ3) is 2.97. The summed E-state index contributed by atoms with van der Waals surface area (Å²) in [5.41, 5.74) is 9.90. The van der Waals surface area contributed by atoms with E-state index in [0.717, 1.165) is 24.2 Å². The van der Waals surface area contributed by atoms with Crippen LogP contribution in [0.5, 0.6) is 0 Å². The lowest BCUT2D eigenvalue weighted by Crippen LogP contribution is -2.32. The maximum Gasteiger partial charge on any atom is 0.220 e. The molecule has 2 aromatic carbocycles. The van der Waals surface area contributed by atoms with Crippen LogP contribution < -0.4 is 10.6 Å². The normalized spacial score (nSPS) is 14.7. The smallest absolute Gasteiger partial charge is 0.220 e. The Balaban J connectivity index is 2.00. The van der Waals surface area contributed by atoms with Crippen LogP contribution in [0.1, 0.15) is 17.5 Å². The van der Waals surface area contributed by atoms with Gasteiger partial charge < -0.3 is 15.7 Å². The molecule has 3 N–H and O–H groups in total. The summed E-state index contributed by atoms with van der Waals surface area (Å²) in [5, 5.41) is 10.2. The molecule has 4 nitrogen and oxygen atoms in total. The Morgan fingerprint density at radius 3 is 2.05 bits per heavy atom. The molecule has 0 spiro atoms. The van der Waals surface area contributed by atoms with E-state index < -0.39 is 12.0 Å². The van der Waals surface area contributed by atoms with Gasteiger partial charge in [-0.25, -0.2) is 0 Å². The van der Waals surface area contributed by atoms with Crippen LogP contribution >= 0.6 is 0 Å². The molecule has 0 radical (unpaired) electrons. The van der Waals surface area contributed by atoms with E-state index in [1.54, 1.807) is 0 Å². The summed E-state index contributed by atoms with van der Waals surface area (Å²) >= 11 is 0. The number of amides is 1. The number of aliphatic hydroxyl groups is 1. The number of anilines is 2. The number of para-hydroxylation sites is 2. The van der Waals surface area contributed by atoms with Gasteiger partial charge >= 0.3 is 0 Å². The number of nitrogens with two attached hydrogens (primary N) is 1. The van der Waals surface area contributed by atoms with Crippen molar-refractivity contribution in [2.75, 3.05) is 11.4 Å². The van der Waals surface area contributed by atoms with Gasteiger partial charge in [-0.2, -0.15) is 0 Å². The summed E-state index contributed by atoms with van der Waals surface area (Å²) < 4.78 is 0. The Hall–Kier alpha value is -2.33. The predicted octanol–water partition coefficient (Wildman–Crippen LogP) is 2.16. The highest BCUT2D eigenvalue weighted by Gasteiger charge is 2.22. The monoisotopic (exact) mass is 296 g/mol. The van der Waals surface area contributed by atoms with E-state index in [2.05, 4.69) is 29.2 Å². The van der Waals surface area contributed by atoms with E-state index in [9.17, 15) is 9.90 Å². The van der Waals surface area contributed by atoms with Gasteiger partial charge in [0.15, 0.2) is 0 Å². The zero-order valence-electron chi connectivity index (χ0n) is 12.4. The largest absolute Gasteiger partial charge is 0.391 e. The first-order valence-corrected chi connectivity index (χ1v) is 7.55. The Morgan fingerprint density at radius 2 is 1.55 bits per heavy atom. The minimum Gasteiger partial charge on any atom is -0.391 e. The highest BCUT2D eigenvalue weighted by atomic mass is 16.3. The Morgan fingerprint density at radius 1 is 1.05 bits per heavy atom. The second-order valence-electron chi connectivity index (χ2n) is 5.69. The van der Waals surface area contributed by atoms with E-state index in [-0.39, 0.29) is 6.42 Å². The predicted molar refractivity (Wildman–Crippen MR) is 87.1 cm³/mol. The average Bonchev–Trinajstić information content (AvgIpc) is 2.65. The SMILES string of the molecule is NC(=O)CC(O)CN1c2ccccc2CCc2ccccc21. The van der Waals surface area contributed by atoms with Crippen molar-refractivity contribution in [3.8, 4) is 0 Å². The van der Waals surface area contributed by atoms with Gasteiger partial charge in [0, 0.05) is 17.9 Å². The molecule has 3 rings (SSSR count). The summed E-state index contributed by atoms with van der Waals surface area (Å²) in [6.07, 6.45) is 1.13. The van der Waals surface area contributed by atoms with E-state index >= 15 is 0 Å². The molecule has 0 aliphatic carbocycles. The number of hydrogen-bond acceptors (Lipinski definition) is 3. The fraction of sp³-hybridized carbons (Fsp3) is 0.278. The first-order chi connectivity index (χ1) is 10.6. The van der Waals surface area contributed by atoms with Crippen molar-refractivity contribution < 1.29 is 9.90 Å². The topological polar surface area (TPSA) is 66.6 Å². The van der Waals surface area contributed by atoms with Gasteiger partial charge in [-0.15, -0.1) is 0 Å². The van der Waals surface area contributed by atoms with E-state index in [0.29, 0.717) is 6.54 Å². The summed E-state index contributed by atoms with van der Waals surface area (Å²) in [5.74, 6) is -0.483. The third-order valence-corrected chi connectivity index (χ3v) is 4.06. The molecule has 0 aromatic heterocycles. The molecule has 0 saturated heterocycles. The van der Waals surface area contributed by atoms with E-state index in [1.807, 2.05) is 24.3 Å². The van der Waals surface area contributed by atoms with Gasteiger partial charge in [-0.3, -0.25) is 4.79 Å². The van der Waals surface area contributed by atoms with Crippen molar-refractivity contribution in [3.05, 3.63) is 59.7 Å². The number of carbonyl (C=O) groups excluding carboxylic acids is 1. The van der Waals surface area contributed by atoms with Gasteiger partial charge in [0.25, 0.3) is 0 Å². The lowest BCUT2D eigenvalue weighted by atomic mass is 10.0. The van der Waals surface area contributed by atoms with E-state index in [4.69, 9.17) is 5.73 Å². The van der Waals surface area contributed by atoms with Crippen LogP contribution in [0.3, 0.4) is 0 Å². The molecule has 1 atom stereocenters. The molecule has 114 valence electrons. The third-order valence-electron chi connectivity index (χ3n) is 4.06. The van der Waals surface area contributed by atoms with Crippen LogP contribution in [0.4, 0.5) is 11.4 Å². The van der Waals surface area contributed by atoms with Crippen LogP contribution in [-0.4, -0.2) is 23.7 Å². The Labute approximate surface area is 130 Å². The van der Waals surface area contributed by atoms with Crippen LogP contribution in [0.2, 0.25) is 0 Å². The summed E-state index contributed by atoms with van der Waals surface area (Å²) in [6.45, 7) is 0.358. The number of rotatable bonds is 4. The van der Waals surface area contributed by atoms with Crippen molar-refractivity contribution >= 4 is 17.3 Å². The van der Waals surface area contributed by atoms with Gasteiger partial charge in [-0.05, 0) is 36.1 Å². The number of aryl methyl sites for hydroxylation is 2. The number of aliphatic hydroxyl groups excluding tert-OH is 1. The van der Waals surface area contributed by atoms with Crippen LogP contribution in [-0.2, 0) is 17.6 Å². The molecule has 1 amide bonds. The number of β-amino-alcohol motifs (C(OH)–C–C–N with tert-alkyl or cyclic N) is 1. The summed E-state index contributed by atoms with van der Waals surface area (Å²) in [6, 6.07) is 16.4. The number of benzene rings is 2. The quantitative estimate of drug-likeness (QED) is 0.908. The molecular formula is C18H20N2O2. The molecule has 0 bridgehead atoms. The van der Waals surface area contributed by atoms with Crippen molar-refractivity contribution in [2.45, 2.75) is 25.4 Å². The number of hydrogen-bond donors (Lipinski definition) is 2. The average molecular weight is 296 g/mol. The van der Waals surface area contributed by atoms with Gasteiger partial charge in [0.1, 0.15) is 0 Å². The van der Waals surface area contributed by atoms with Gasteiger partial charge in [0.2, 0.25) is 5.91 Å². The van der Waals surface area contributed by atoms with Crippen LogP contribution in [0.25, 0.3) is 0 Å². The molecule has 0 saturated carbocycles. The Bertz CT molecular complexity index is 637. The molecule has 22 heavy (non-hydrogen) atoms. The first kappa shape index (κ1) is 14.6. The lowest BCUT2D eigenvalue weighted by Gasteiger charge is -2.28. The van der Waals surface area contributed by atoms with Crippen LogP contribution in [0.15, 0.2) is 48.5 Å². The molecule has 2 aromatic rings. The molecule has 1 aliphatic rings. The van der Waals surface area contributed by atoms with Crippen molar-refractivity contribution in [1.82, 2.24) is 0 Å². The molecule has 0 fully saturated rings. The van der Waals surface area contributed by atoms with Crippen molar-refractivity contribution in [1.29, 1.82) is 0 Å². The second-order valence-corrected chi connectivity index (χ2v) is 5.69. The number of fused-ring (bicyclic) bond motifs is 2. The summed E-state index contributed by atoms with van der Waals surface area (Å²) in [4.78, 5) is 13.2. The fourth-order valence-corrected chi connectivity index (χ4v) is 3.07. The minimum atomic E-state index is -0.781. The Kier molecular flexibility index (Phi) is 4.11. The molecule has 1 aliphatic heterocycles. The zero-order valence-corrected chi connectivity index (χ0v) is 12.4. The minimum absolute atomic E-state index is 0.0270. The number of nitrogens with zero attached hydrogens (tertiary/aromatic N) is 1. The van der Waals surface area contributed by atoms with Crippen LogP contribution in [0, 0.1) is 0 Å². The number of carbonyl (C=O) groups is 1. The molecule has 1 unspecified atom stereocenters. The zero-order chi connectivity index (χ0) is 15.5. The lowest BCUT2D eigenvalue weighted by molar-refractivity contribution is -0.119. The number of primary amides is 1. The van der Waals surface area contributed by atoms with Gasteiger partial charge in [0.05, 0.1) is 12.5 Å². The molecule has 4 heteroatoms. The second kappa shape index (κ2) is 6.20. The van der Waals surface area contributed by atoms with Gasteiger partial charge in [-0.1, -0.05) is 36.4 Å².